The Hall–Kier alpha value is -1.46. The molecule has 0 spiro atoms. The smallest absolute Gasteiger partial charge is 0.191 e. The predicted molar refractivity (Wildman–Crippen MR) is 94.4 cm³/mol. The van der Waals surface area contributed by atoms with Gasteiger partial charge in [-0.25, -0.2) is 0 Å². The standard InChI is InChI=1S/C17H26ClN3O2/c1-3-19-16(21-11-17(12-22)7-8-17)20-9-6-13-4-5-14(23-2)10-15(13)18/h4-5,10,22H,3,6-9,11-12H2,1-2H3,(H2,19,20,21). The third-order valence-corrected chi connectivity index (χ3v) is 4.51. The highest BCUT2D eigenvalue weighted by molar-refractivity contribution is 6.31. The van der Waals surface area contributed by atoms with Crippen LogP contribution in [0, 0.1) is 5.41 Å². The normalized spacial score (nSPS) is 16.1. The van der Waals surface area contributed by atoms with Crippen molar-refractivity contribution in [2.24, 2.45) is 10.4 Å². The number of halogens is 1. The van der Waals surface area contributed by atoms with Crippen molar-refractivity contribution >= 4 is 17.6 Å². The second-order valence-electron chi connectivity index (χ2n) is 5.99. The van der Waals surface area contributed by atoms with Gasteiger partial charge in [-0.05, 0) is 43.9 Å². The summed E-state index contributed by atoms with van der Waals surface area (Å²) in [5.41, 5.74) is 1.10. The summed E-state index contributed by atoms with van der Waals surface area (Å²) >= 11 is 6.25. The van der Waals surface area contributed by atoms with E-state index in [9.17, 15) is 5.11 Å². The molecule has 0 atom stereocenters. The third kappa shape index (κ3) is 5.29. The van der Waals surface area contributed by atoms with E-state index in [0.29, 0.717) is 11.6 Å². The maximum atomic E-state index is 9.36. The number of aliphatic hydroxyl groups is 1. The summed E-state index contributed by atoms with van der Waals surface area (Å²) in [6, 6.07) is 5.73. The lowest BCUT2D eigenvalue weighted by atomic mass is 10.1. The first-order valence-corrected chi connectivity index (χ1v) is 8.46. The number of nitrogens with zero attached hydrogens (tertiary/aromatic N) is 1. The van der Waals surface area contributed by atoms with Gasteiger partial charge in [0.2, 0.25) is 0 Å². The number of methoxy groups -OCH3 is 1. The summed E-state index contributed by atoms with van der Waals surface area (Å²) < 4.78 is 5.16. The van der Waals surface area contributed by atoms with Crippen molar-refractivity contribution in [1.82, 2.24) is 10.6 Å². The molecule has 23 heavy (non-hydrogen) atoms. The summed E-state index contributed by atoms with van der Waals surface area (Å²) in [4.78, 5) is 4.58. The van der Waals surface area contributed by atoms with E-state index < -0.39 is 0 Å². The van der Waals surface area contributed by atoms with Crippen LogP contribution in [-0.2, 0) is 6.42 Å². The molecule has 1 saturated carbocycles. The Kier molecular flexibility index (Phi) is 6.54. The fraction of sp³-hybridized carbons (Fsp3) is 0.588. The minimum Gasteiger partial charge on any atom is -0.497 e. The fourth-order valence-electron chi connectivity index (χ4n) is 2.30. The van der Waals surface area contributed by atoms with Crippen LogP contribution >= 0.6 is 11.6 Å². The largest absolute Gasteiger partial charge is 0.497 e. The summed E-state index contributed by atoms with van der Waals surface area (Å²) in [7, 11) is 1.63. The Balaban J connectivity index is 1.85. The molecule has 0 saturated heterocycles. The number of hydrogen-bond donors (Lipinski definition) is 3. The molecule has 0 aliphatic heterocycles. The van der Waals surface area contributed by atoms with Crippen LogP contribution in [0.2, 0.25) is 5.02 Å². The average Bonchev–Trinajstić information content (AvgIpc) is 3.34. The summed E-state index contributed by atoms with van der Waals surface area (Å²) in [5.74, 6) is 1.55. The molecule has 128 valence electrons. The van der Waals surface area contributed by atoms with Crippen molar-refractivity contribution in [3.8, 4) is 5.75 Å². The van der Waals surface area contributed by atoms with E-state index in [1.165, 1.54) is 0 Å². The molecule has 0 amide bonds. The molecule has 1 aliphatic rings. The highest BCUT2D eigenvalue weighted by Gasteiger charge is 2.41. The minimum atomic E-state index is 0.0294. The van der Waals surface area contributed by atoms with Gasteiger partial charge >= 0.3 is 0 Å². The van der Waals surface area contributed by atoms with Crippen LogP contribution < -0.4 is 15.4 Å². The molecular formula is C17H26ClN3O2. The van der Waals surface area contributed by atoms with Crippen LogP contribution in [0.4, 0.5) is 0 Å². The number of benzene rings is 1. The molecule has 1 aromatic carbocycles. The lowest BCUT2D eigenvalue weighted by molar-refractivity contribution is 0.217. The Bertz CT molecular complexity index is 545. The quantitative estimate of drug-likeness (QED) is 0.502. The zero-order valence-corrected chi connectivity index (χ0v) is 14.6. The number of rotatable bonds is 8. The van der Waals surface area contributed by atoms with Gasteiger partial charge in [-0.1, -0.05) is 17.7 Å². The second kappa shape index (κ2) is 8.41. The van der Waals surface area contributed by atoms with Gasteiger partial charge in [-0.3, -0.25) is 4.99 Å². The van der Waals surface area contributed by atoms with Gasteiger partial charge < -0.3 is 20.5 Å². The van der Waals surface area contributed by atoms with E-state index in [0.717, 1.165) is 49.6 Å². The molecule has 6 heteroatoms. The maximum Gasteiger partial charge on any atom is 0.191 e. The highest BCUT2D eigenvalue weighted by Crippen LogP contribution is 2.45. The van der Waals surface area contributed by atoms with Gasteiger partial charge in [0.15, 0.2) is 5.96 Å². The predicted octanol–water partition coefficient (Wildman–Crippen LogP) is 2.22. The second-order valence-corrected chi connectivity index (χ2v) is 6.39. The van der Waals surface area contributed by atoms with Crippen molar-refractivity contribution in [1.29, 1.82) is 0 Å². The van der Waals surface area contributed by atoms with E-state index in [1.54, 1.807) is 7.11 Å². The molecule has 2 rings (SSSR count). The molecule has 0 aromatic heterocycles. The van der Waals surface area contributed by atoms with Crippen LogP contribution in [0.15, 0.2) is 23.2 Å². The minimum absolute atomic E-state index is 0.0294. The summed E-state index contributed by atoms with van der Waals surface area (Å²) in [5, 5.41) is 16.6. The van der Waals surface area contributed by atoms with Crippen molar-refractivity contribution in [3.63, 3.8) is 0 Å². The van der Waals surface area contributed by atoms with Crippen molar-refractivity contribution < 1.29 is 9.84 Å². The molecule has 0 radical (unpaired) electrons. The van der Waals surface area contributed by atoms with Crippen LogP contribution in [0.3, 0.4) is 0 Å². The van der Waals surface area contributed by atoms with Gasteiger partial charge in [-0.2, -0.15) is 0 Å². The summed E-state index contributed by atoms with van der Waals surface area (Å²) in [6.45, 7) is 4.47. The zero-order valence-electron chi connectivity index (χ0n) is 13.9. The maximum absolute atomic E-state index is 9.36. The Morgan fingerprint density at radius 3 is 2.74 bits per heavy atom. The van der Waals surface area contributed by atoms with Crippen LogP contribution in [0.1, 0.15) is 25.3 Å². The Morgan fingerprint density at radius 2 is 2.17 bits per heavy atom. The van der Waals surface area contributed by atoms with E-state index in [2.05, 4.69) is 15.6 Å². The fourth-order valence-corrected chi connectivity index (χ4v) is 2.57. The van der Waals surface area contributed by atoms with Crippen molar-refractivity contribution in [2.45, 2.75) is 26.2 Å². The van der Waals surface area contributed by atoms with Gasteiger partial charge in [0, 0.05) is 23.5 Å². The lowest BCUT2D eigenvalue weighted by Gasteiger charge is -2.14. The van der Waals surface area contributed by atoms with Gasteiger partial charge in [0.25, 0.3) is 0 Å². The molecule has 5 nitrogen and oxygen atoms in total. The number of hydrogen-bond acceptors (Lipinski definition) is 3. The zero-order chi connectivity index (χ0) is 16.7. The molecular weight excluding hydrogens is 314 g/mol. The molecule has 1 aromatic rings. The first-order chi connectivity index (χ1) is 11.1. The van der Waals surface area contributed by atoms with Crippen molar-refractivity contribution in [2.75, 3.05) is 33.4 Å². The third-order valence-electron chi connectivity index (χ3n) is 4.16. The SMILES string of the molecule is CCNC(=NCC1(CO)CC1)NCCc1ccc(OC)cc1Cl. The molecule has 0 unspecified atom stereocenters. The van der Waals surface area contributed by atoms with Crippen LogP contribution in [-0.4, -0.2) is 44.4 Å². The van der Waals surface area contributed by atoms with Gasteiger partial charge in [-0.15, -0.1) is 0 Å². The molecule has 1 fully saturated rings. The number of aliphatic hydroxyl groups excluding tert-OH is 1. The first kappa shape index (κ1) is 17.9. The topological polar surface area (TPSA) is 65.9 Å². The number of guanidine groups is 1. The molecule has 0 heterocycles. The molecule has 0 bridgehead atoms. The first-order valence-electron chi connectivity index (χ1n) is 8.08. The highest BCUT2D eigenvalue weighted by atomic mass is 35.5. The van der Waals surface area contributed by atoms with E-state index in [-0.39, 0.29) is 12.0 Å². The van der Waals surface area contributed by atoms with Crippen LogP contribution in [0.25, 0.3) is 0 Å². The van der Waals surface area contributed by atoms with Crippen LogP contribution in [0.5, 0.6) is 5.75 Å². The average molecular weight is 340 g/mol. The van der Waals surface area contributed by atoms with Gasteiger partial charge in [0.05, 0.1) is 20.3 Å². The van der Waals surface area contributed by atoms with Gasteiger partial charge in [0.1, 0.15) is 5.75 Å². The monoisotopic (exact) mass is 339 g/mol. The van der Waals surface area contributed by atoms with E-state index in [1.807, 2.05) is 25.1 Å². The lowest BCUT2D eigenvalue weighted by Crippen LogP contribution is -2.39. The molecule has 1 aliphatic carbocycles. The Morgan fingerprint density at radius 1 is 1.39 bits per heavy atom. The number of nitrogens with one attached hydrogen (secondary N) is 2. The van der Waals surface area contributed by atoms with E-state index >= 15 is 0 Å². The number of ether oxygens (including phenoxy) is 1. The Labute approximate surface area is 143 Å². The van der Waals surface area contributed by atoms with Crippen molar-refractivity contribution in [3.05, 3.63) is 28.8 Å². The van der Waals surface area contributed by atoms with E-state index in [4.69, 9.17) is 16.3 Å². The number of aliphatic imine (C=N–C) groups is 1. The molecule has 3 N–H and O–H groups in total. The summed E-state index contributed by atoms with van der Waals surface area (Å²) in [6.07, 6.45) is 2.93.